The van der Waals surface area contributed by atoms with Crippen molar-refractivity contribution in [2.24, 2.45) is 11.1 Å². The second-order valence-corrected chi connectivity index (χ2v) is 4.39. The lowest BCUT2D eigenvalue weighted by Crippen LogP contribution is -2.48. The molecule has 0 spiro atoms. The van der Waals surface area contributed by atoms with Crippen LogP contribution in [0.4, 0.5) is 0 Å². The molecule has 0 amide bonds. The van der Waals surface area contributed by atoms with Crippen LogP contribution in [0.3, 0.4) is 0 Å². The van der Waals surface area contributed by atoms with E-state index in [0.29, 0.717) is 12.6 Å². The number of nitrogens with two attached hydrogens (primary N) is 1. The first-order valence-corrected chi connectivity index (χ1v) is 5.26. The summed E-state index contributed by atoms with van der Waals surface area (Å²) in [5.74, 6) is 0. The zero-order valence-corrected chi connectivity index (χ0v) is 8.20. The van der Waals surface area contributed by atoms with Crippen molar-refractivity contribution in [2.45, 2.75) is 50.9 Å². The van der Waals surface area contributed by atoms with Gasteiger partial charge < -0.3 is 15.6 Å². The highest BCUT2D eigenvalue weighted by Crippen LogP contribution is 2.49. The van der Waals surface area contributed by atoms with E-state index in [1.807, 2.05) is 6.92 Å². The van der Waals surface area contributed by atoms with E-state index in [1.165, 1.54) is 0 Å². The third-order valence-corrected chi connectivity index (χ3v) is 3.79. The highest BCUT2D eigenvalue weighted by molar-refractivity contribution is 5.04. The Morgan fingerprint density at radius 1 is 1.62 bits per heavy atom. The van der Waals surface area contributed by atoms with Crippen molar-refractivity contribution in [2.75, 3.05) is 6.54 Å². The second-order valence-electron chi connectivity index (χ2n) is 4.39. The third-order valence-electron chi connectivity index (χ3n) is 3.79. The van der Waals surface area contributed by atoms with Crippen molar-refractivity contribution in [3.05, 3.63) is 0 Å². The van der Waals surface area contributed by atoms with Crippen LogP contribution in [0.25, 0.3) is 0 Å². The summed E-state index contributed by atoms with van der Waals surface area (Å²) < 4.78 is 5.76. The van der Waals surface area contributed by atoms with Gasteiger partial charge in [-0.3, -0.25) is 0 Å². The Morgan fingerprint density at radius 2 is 2.38 bits per heavy atom. The minimum atomic E-state index is -0.284. The lowest BCUT2D eigenvalue weighted by atomic mass is 9.69. The zero-order chi connectivity index (χ0) is 9.47. The Kier molecular flexibility index (Phi) is 2.34. The molecule has 0 aromatic carbocycles. The van der Waals surface area contributed by atoms with Crippen LogP contribution in [0.1, 0.15) is 32.6 Å². The molecule has 0 aromatic rings. The molecular weight excluding hydrogens is 166 g/mol. The maximum absolute atomic E-state index is 9.97. The third kappa shape index (κ3) is 1.22. The first-order chi connectivity index (χ1) is 6.23. The van der Waals surface area contributed by atoms with E-state index in [1.54, 1.807) is 0 Å². The number of hydrogen-bond donors (Lipinski definition) is 2. The number of hydrogen-bond acceptors (Lipinski definition) is 3. The summed E-state index contributed by atoms with van der Waals surface area (Å²) in [6, 6.07) is 0. The van der Waals surface area contributed by atoms with Crippen LogP contribution in [-0.2, 0) is 4.74 Å². The van der Waals surface area contributed by atoms with E-state index in [9.17, 15) is 5.11 Å². The number of rotatable bonds is 3. The Balaban J connectivity index is 2.16. The number of aliphatic hydroxyl groups excluding tert-OH is 1. The van der Waals surface area contributed by atoms with Gasteiger partial charge in [-0.15, -0.1) is 0 Å². The number of fused-ring (bicyclic) bond motifs is 2. The van der Waals surface area contributed by atoms with Crippen molar-refractivity contribution in [1.29, 1.82) is 0 Å². The van der Waals surface area contributed by atoms with Crippen LogP contribution in [0.2, 0.25) is 0 Å². The summed E-state index contributed by atoms with van der Waals surface area (Å²) in [6.07, 6.45) is 4.29. The summed E-state index contributed by atoms with van der Waals surface area (Å²) >= 11 is 0. The molecule has 4 unspecified atom stereocenters. The Labute approximate surface area is 79.3 Å². The second kappa shape index (κ2) is 3.23. The molecule has 76 valence electrons. The zero-order valence-electron chi connectivity index (χ0n) is 8.20. The Morgan fingerprint density at radius 3 is 2.77 bits per heavy atom. The molecule has 0 radical (unpaired) electrons. The first kappa shape index (κ1) is 9.44. The molecule has 0 aromatic heterocycles. The van der Waals surface area contributed by atoms with E-state index < -0.39 is 0 Å². The summed E-state index contributed by atoms with van der Waals surface area (Å²) in [5.41, 5.74) is 5.66. The lowest BCUT2D eigenvalue weighted by Gasteiger charge is -2.38. The predicted molar refractivity (Wildman–Crippen MR) is 50.3 cm³/mol. The van der Waals surface area contributed by atoms with Crippen molar-refractivity contribution >= 4 is 0 Å². The monoisotopic (exact) mass is 185 g/mol. The fraction of sp³-hybridized carbons (Fsp3) is 1.00. The lowest BCUT2D eigenvalue weighted by molar-refractivity contribution is -0.0260. The molecule has 2 rings (SSSR count). The fourth-order valence-corrected chi connectivity index (χ4v) is 2.94. The van der Waals surface area contributed by atoms with Crippen molar-refractivity contribution in [1.82, 2.24) is 0 Å². The van der Waals surface area contributed by atoms with Gasteiger partial charge in [-0.05, 0) is 25.7 Å². The highest BCUT2D eigenvalue weighted by Gasteiger charge is 2.54. The van der Waals surface area contributed by atoms with Gasteiger partial charge in [0.2, 0.25) is 0 Å². The maximum atomic E-state index is 9.97. The molecule has 3 heteroatoms. The largest absolute Gasteiger partial charge is 0.392 e. The standard InChI is InChI=1S/C10H19NO2/c1-2-8(12)10(6-11)5-7-3-4-9(10)13-7/h7-9,12H,2-6,11H2,1H3. The van der Waals surface area contributed by atoms with Gasteiger partial charge in [-0.2, -0.15) is 0 Å². The van der Waals surface area contributed by atoms with Crippen LogP contribution in [0.15, 0.2) is 0 Å². The van der Waals surface area contributed by atoms with Crippen LogP contribution < -0.4 is 5.73 Å². The van der Waals surface area contributed by atoms with Crippen LogP contribution >= 0.6 is 0 Å². The quantitative estimate of drug-likeness (QED) is 0.679. The van der Waals surface area contributed by atoms with Gasteiger partial charge in [0.1, 0.15) is 0 Å². The minimum Gasteiger partial charge on any atom is -0.392 e. The molecule has 2 heterocycles. The molecule has 3 N–H and O–H groups in total. The normalized spacial score (nSPS) is 45.5. The summed E-state index contributed by atoms with van der Waals surface area (Å²) in [6.45, 7) is 2.57. The summed E-state index contributed by atoms with van der Waals surface area (Å²) in [5, 5.41) is 9.97. The number of ether oxygens (including phenoxy) is 1. The van der Waals surface area contributed by atoms with Crippen LogP contribution in [0.5, 0.6) is 0 Å². The van der Waals surface area contributed by atoms with Gasteiger partial charge in [0, 0.05) is 12.0 Å². The van der Waals surface area contributed by atoms with Gasteiger partial charge in [0.05, 0.1) is 18.3 Å². The molecule has 2 aliphatic heterocycles. The molecule has 2 saturated heterocycles. The Hall–Kier alpha value is -0.120. The van der Waals surface area contributed by atoms with E-state index in [-0.39, 0.29) is 17.6 Å². The van der Waals surface area contributed by atoms with Gasteiger partial charge in [-0.25, -0.2) is 0 Å². The molecule has 0 aliphatic carbocycles. The molecule has 2 bridgehead atoms. The predicted octanol–water partition coefficient (Wildman–Crippen LogP) is 0.654. The van der Waals surface area contributed by atoms with Crippen molar-refractivity contribution in [3.8, 4) is 0 Å². The van der Waals surface area contributed by atoms with Gasteiger partial charge in [-0.1, -0.05) is 6.92 Å². The average molecular weight is 185 g/mol. The smallest absolute Gasteiger partial charge is 0.0673 e. The minimum absolute atomic E-state index is 0.127. The summed E-state index contributed by atoms with van der Waals surface area (Å²) in [7, 11) is 0. The van der Waals surface area contributed by atoms with E-state index >= 15 is 0 Å². The first-order valence-electron chi connectivity index (χ1n) is 5.26. The molecule has 2 fully saturated rings. The molecule has 4 atom stereocenters. The Bertz CT molecular complexity index is 197. The molecule has 13 heavy (non-hydrogen) atoms. The van der Waals surface area contributed by atoms with E-state index in [0.717, 1.165) is 25.7 Å². The average Bonchev–Trinajstić information content (AvgIpc) is 2.75. The topological polar surface area (TPSA) is 55.5 Å². The molecule has 0 saturated carbocycles. The maximum Gasteiger partial charge on any atom is 0.0673 e. The molecule has 3 nitrogen and oxygen atoms in total. The van der Waals surface area contributed by atoms with Crippen LogP contribution in [-0.4, -0.2) is 30.0 Å². The van der Waals surface area contributed by atoms with Gasteiger partial charge >= 0.3 is 0 Å². The summed E-state index contributed by atoms with van der Waals surface area (Å²) in [4.78, 5) is 0. The van der Waals surface area contributed by atoms with Gasteiger partial charge in [0.25, 0.3) is 0 Å². The highest BCUT2D eigenvalue weighted by atomic mass is 16.5. The van der Waals surface area contributed by atoms with Crippen LogP contribution in [0, 0.1) is 5.41 Å². The van der Waals surface area contributed by atoms with E-state index in [4.69, 9.17) is 10.5 Å². The molecular formula is C10H19NO2. The van der Waals surface area contributed by atoms with E-state index in [2.05, 4.69) is 0 Å². The number of aliphatic hydroxyl groups is 1. The van der Waals surface area contributed by atoms with Crippen molar-refractivity contribution < 1.29 is 9.84 Å². The van der Waals surface area contributed by atoms with Gasteiger partial charge in [0.15, 0.2) is 0 Å². The van der Waals surface area contributed by atoms with Crippen molar-refractivity contribution in [3.63, 3.8) is 0 Å². The molecule has 2 aliphatic rings. The fourth-order valence-electron chi connectivity index (χ4n) is 2.94. The SMILES string of the molecule is CCC(O)C1(CN)CC2CCC1O2.